The quantitative estimate of drug-likeness (QED) is 0.648. The summed E-state index contributed by atoms with van der Waals surface area (Å²) in [6, 6.07) is 0.977. The number of thiophene rings is 1. The topological polar surface area (TPSA) is 9.23 Å². The van der Waals surface area contributed by atoms with Gasteiger partial charge in [-0.2, -0.15) is 13.2 Å². The second-order valence-corrected chi connectivity index (χ2v) is 2.76. The Hall–Kier alpha value is -0.710. The van der Waals surface area contributed by atoms with Crippen LogP contribution in [-0.2, 0) is 6.18 Å². The predicted octanol–water partition coefficient (Wildman–Crippen LogP) is 2.78. The van der Waals surface area contributed by atoms with Crippen molar-refractivity contribution in [1.82, 2.24) is 0 Å². The molecule has 11 heavy (non-hydrogen) atoms. The maximum absolute atomic E-state index is 11.9. The molecule has 0 aliphatic heterocycles. The first-order valence-electron chi connectivity index (χ1n) is 2.74. The molecule has 0 N–H and O–H groups in total. The van der Waals surface area contributed by atoms with E-state index in [0.717, 1.165) is 6.07 Å². The lowest BCUT2D eigenvalue weighted by molar-refractivity contribution is -0.134. The third-order valence-corrected chi connectivity index (χ3v) is 2.04. The van der Waals surface area contributed by atoms with E-state index in [1.807, 2.05) is 0 Å². The molecule has 0 saturated carbocycles. The van der Waals surface area contributed by atoms with Gasteiger partial charge in [0, 0.05) is 11.4 Å². The van der Waals surface area contributed by atoms with Crippen molar-refractivity contribution < 1.29 is 17.9 Å². The summed E-state index contributed by atoms with van der Waals surface area (Å²) in [5.41, 5.74) is 0. The molecular weight excluding hydrogens is 177 g/mol. The smallest absolute Gasteiger partial charge is 0.425 e. The lowest BCUT2D eigenvalue weighted by Gasteiger charge is -1.99. The van der Waals surface area contributed by atoms with Crippen LogP contribution in [-0.4, -0.2) is 7.11 Å². The van der Waals surface area contributed by atoms with Crippen molar-refractivity contribution in [2.24, 2.45) is 0 Å². The van der Waals surface area contributed by atoms with E-state index in [1.165, 1.54) is 12.5 Å². The minimum atomic E-state index is -4.25. The molecular formula is C6H5F3OS. The number of rotatable bonds is 1. The molecule has 0 bridgehead atoms. The van der Waals surface area contributed by atoms with Crippen LogP contribution in [0.25, 0.3) is 0 Å². The first-order chi connectivity index (χ1) is 5.04. The Balaban J connectivity index is 2.89. The zero-order chi connectivity index (χ0) is 8.48. The van der Waals surface area contributed by atoms with Crippen molar-refractivity contribution in [1.29, 1.82) is 0 Å². The highest BCUT2D eigenvalue weighted by Crippen LogP contribution is 2.36. The van der Waals surface area contributed by atoms with Gasteiger partial charge >= 0.3 is 6.18 Å². The van der Waals surface area contributed by atoms with E-state index in [9.17, 15) is 13.2 Å². The summed E-state index contributed by atoms with van der Waals surface area (Å²) < 4.78 is 40.3. The molecule has 5 heteroatoms. The van der Waals surface area contributed by atoms with Crippen molar-refractivity contribution in [3.63, 3.8) is 0 Å². The van der Waals surface area contributed by atoms with Gasteiger partial charge in [-0.25, -0.2) is 0 Å². The maximum Gasteiger partial charge on any atom is 0.425 e. The van der Waals surface area contributed by atoms with E-state index >= 15 is 0 Å². The molecule has 1 heterocycles. The Bertz CT molecular complexity index is 240. The van der Waals surface area contributed by atoms with E-state index in [-0.39, 0.29) is 5.75 Å². The minimum Gasteiger partial charge on any atom is -0.496 e. The van der Waals surface area contributed by atoms with Crippen LogP contribution in [0.1, 0.15) is 4.88 Å². The summed E-state index contributed by atoms with van der Waals surface area (Å²) in [6.07, 6.45) is -4.25. The lowest BCUT2D eigenvalue weighted by Crippen LogP contribution is -2.00. The largest absolute Gasteiger partial charge is 0.496 e. The summed E-state index contributed by atoms with van der Waals surface area (Å²) >= 11 is 0.631. The molecule has 1 aromatic heterocycles. The van der Waals surface area contributed by atoms with Gasteiger partial charge in [0.25, 0.3) is 0 Å². The van der Waals surface area contributed by atoms with E-state index in [0.29, 0.717) is 11.3 Å². The summed E-state index contributed by atoms with van der Waals surface area (Å²) in [4.78, 5) is -0.630. The maximum atomic E-state index is 11.9. The molecule has 0 aromatic carbocycles. The predicted molar refractivity (Wildman–Crippen MR) is 35.9 cm³/mol. The van der Waals surface area contributed by atoms with Crippen LogP contribution in [0.15, 0.2) is 11.4 Å². The Morgan fingerprint density at radius 1 is 1.45 bits per heavy atom. The van der Waals surface area contributed by atoms with Crippen LogP contribution in [0.5, 0.6) is 5.75 Å². The molecule has 62 valence electrons. The number of halogens is 3. The Kier molecular flexibility index (Phi) is 2.08. The second-order valence-electron chi connectivity index (χ2n) is 1.85. The van der Waals surface area contributed by atoms with Crippen molar-refractivity contribution in [3.8, 4) is 5.75 Å². The highest BCUT2D eigenvalue weighted by atomic mass is 32.1. The monoisotopic (exact) mass is 182 g/mol. The molecule has 0 atom stereocenters. The van der Waals surface area contributed by atoms with E-state index < -0.39 is 11.1 Å². The third kappa shape index (κ3) is 1.86. The Labute approximate surface area is 65.4 Å². The molecule has 1 nitrogen and oxygen atoms in total. The molecule has 0 aliphatic carbocycles. The highest BCUT2D eigenvalue weighted by Gasteiger charge is 2.32. The van der Waals surface area contributed by atoms with Gasteiger partial charge in [-0.3, -0.25) is 0 Å². The van der Waals surface area contributed by atoms with Gasteiger partial charge in [0.05, 0.1) is 7.11 Å². The van der Waals surface area contributed by atoms with Crippen LogP contribution >= 0.6 is 11.3 Å². The second kappa shape index (κ2) is 2.73. The number of ether oxygens (including phenoxy) is 1. The number of methoxy groups -OCH3 is 1. The average Bonchev–Trinajstić information content (AvgIpc) is 2.32. The van der Waals surface area contributed by atoms with Gasteiger partial charge in [0.15, 0.2) is 0 Å². The zero-order valence-electron chi connectivity index (χ0n) is 5.61. The van der Waals surface area contributed by atoms with Crippen LogP contribution < -0.4 is 4.74 Å². The highest BCUT2D eigenvalue weighted by molar-refractivity contribution is 7.10. The van der Waals surface area contributed by atoms with Gasteiger partial charge < -0.3 is 4.74 Å². The zero-order valence-corrected chi connectivity index (χ0v) is 6.42. The molecule has 1 aromatic rings. The summed E-state index contributed by atoms with van der Waals surface area (Å²) in [5.74, 6) is 0.252. The molecule has 0 aliphatic rings. The van der Waals surface area contributed by atoms with Crippen molar-refractivity contribution in [2.75, 3.05) is 7.11 Å². The van der Waals surface area contributed by atoms with Crippen molar-refractivity contribution >= 4 is 11.3 Å². The summed E-state index contributed by atoms with van der Waals surface area (Å²) in [5, 5.41) is 1.32. The van der Waals surface area contributed by atoms with Gasteiger partial charge in [0.2, 0.25) is 0 Å². The third-order valence-electron chi connectivity index (χ3n) is 1.09. The first-order valence-corrected chi connectivity index (χ1v) is 3.61. The first kappa shape index (κ1) is 8.39. The van der Waals surface area contributed by atoms with Gasteiger partial charge in [-0.1, -0.05) is 0 Å². The minimum absolute atomic E-state index is 0.252. The van der Waals surface area contributed by atoms with Crippen molar-refractivity contribution in [2.45, 2.75) is 6.18 Å². The van der Waals surface area contributed by atoms with Gasteiger partial charge in [-0.05, 0) is 0 Å². The van der Waals surface area contributed by atoms with Gasteiger partial charge in [0.1, 0.15) is 10.6 Å². The standard InChI is InChI=1S/C6H5F3OS/c1-10-4-2-5(11-3-4)6(7,8)9/h2-3H,1H3. The SMILES string of the molecule is COc1csc(C(F)(F)F)c1. The number of hydrogen-bond acceptors (Lipinski definition) is 2. The normalized spacial score (nSPS) is 11.6. The van der Waals surface area contributed by atoms with Crippen molar-refractivity contribution in [3.05, 3.63) is 16.3 Å². The average molecular weight is 182 g/mol. The fourth-order valence-electron chi connectivity index (χ4n) is 0.574. The summed E-state index contributed by atoms with van der Waals surface area (Å²) in [6.45, 7) is 0. The fourth-order valence-corrected chi connectivity index (χ4v) is 1.30. The van der Waals surface area contributed by atoms with Crippen LogP contribution in [0.2, 0.25) is 0 Å². The molecule has 0 saturated heterocycles. The van der Waals surface area contributed by atoms with Crippen LogP contribution in [0, 0.1) is 0 Å². The molecule has 0 unspecified atom stereocenters. The van der Waals surface area contributed by atoms with E-state index in [1.54, 1.807) is 0 Å². The Morgan fingerprint density at radius 2 is 2.09 bits per heavy atom. The molecule has 0 radical (unpaired) electrons. The van der Waals surface area contributed by atoms with E-state index in [2.05, 4.69) is 4.74 Å². The van der Waals surface area contributed by atoms with Crippen LogP contribution in [0.3, 0.4) is 0 Å². The lowest BCUT2D eigenvalue weighted by atomic mass is 10.4. The summed E-state index contributed by atoms with van der Waals surface area (Å²) in [7, 11) is 1.34. The fraction of sp³-hybridized carbons (Fsp3) is 0.333. The van der Waals surface area contributed by atoms with Crippen LogP contribution in [0.4, 0.5) is 13.2 Å². The Morgan fingerprint density at radius 3 is 2.36 bits per heavy atom. The van der Waals surface area contributed by atoms with Gasteiger partial charge in [-0.15, -0.1) is 11.3 Å². The number of hydrogen-bond donors (Lipinski definition) is 0. The molecule has 1 rings (SSSR count). The molecule has 0 fully saturated rings. The van der Waals surface area contributed by atoms with E-state index in [4.69, 9.17) is 0 Å². The molecule has 0 amide bonds. The number of alkyl halides is 3. The molecule has 0 spiro atoms.